The van der Waals surface area contributed by atoms with Crippen molar-refractivity contribution in [3.05, 3.63) is 46.4 Å². The van der Waals surface area contributed by atoms with Gasteiger partial charge in [-0.3, -0.25) is 4.79 Å². The zero-order valence-corrected chi connectivity index (χ0v) is 14.9. The van der Waals surface area contributed by atoms with E-state index in [4.69, 9.17) is 9.52 Å². The summed E-state index contributed by atoms with van der Waals surface area (Å²) in [6.07, 6.45) is 0.402. The van der Waals surface area contributed by atoms with Crippen LogP contribution in [0.1, 0.15) is 58.4 Å². The molecule has 0 aliphatic rings. The summed E-state index contributed by atoms with van der Waals surface area (Å²) in [6.45, 7) is 5.95. The van der Waals surface area contributed by atoms with E-state index >= 15 is 0 Å². The molecule has 1 aromatic carbocycles. The summed E-state index contributed by atoms with van der Waals surface area (Å²) in [4.78, 5) is 28.1. The average Bonchev–Trinajstić information content (AvgIpc) is 3.18. The smallest absolute Gasteiger partial charge is 0.339 e. The number of anilines is 1. The van der Waals surface area contributed by atoms with Gasteiger partial charge in [-0.2, -0.15) is 0 Å². The molecule has 130 valence electrons. The molecule has 0 bridgehead atoms. The van der Waals surface area contributed by atoms with Crippen LogP contribution in [0.25, 0.3) is 10.2 Å². The third-order valence-electron chi connectivity index (χ3n) is 3.74. The van der Waals surface area contributed by atoms with Crippen molar-refractivity contribution in [1.29, 1.82) is 0 Å². The van der Waals surface area contributed by atoms with Crippen LogP contribution in [-0.2, 0) is 6.42 Å². The fourth-order valence-corrected chi connectivity index (χ4v) is 3.45. The molecule has 0 radical (unpaired) electrons. The fraction of sp³-hybridized carbons (Fsp3) is 0.278. The monoisotopic (exact) mass is 358 g/mol. The molecule has 0 aliphatic heterocycles. The summed E-state index contributed by atoms with van der Waals surface area (Å²) < 4.78 is 6.37. The molecule has 2 N–H and O–H groups in total. The van der Waals surface area contributed by atoms with Gasteiger partial charge in [0.1, 0.15) is 11.3 Å². The fourth-order valence-electron chi connectivity index (χ4n) is 2.44. The van der Waals surface area contributed by atoms with Gasteiger partial charge >= 0.3 is 5.97 Å². The standard InChI is InChI=1S/C18H18N2O4S/c1-4-13-11(18(22)23)8-14(24-13)16(21)19-10-5-6-12-15(7-10)25-17(20-12)9(2)3/h5-9H,4H2,1-3H3,(H,19,21)(H,22,23). The maximum atomic E-state index is 12.4. The van der Waals surface area contributed by atoms with Crippen molar-refractivity contribution in [3.63, 3.8) is 0 Å². The molecule has 1 amide bonds. The summed E-state index contributed by atoms with van der Waals surface area (Å²) in [7, 11) is 0. The van der Waals surface area contributed by atoms with Crippen LogP contribution in [0.4, 0.5) is 5.69 Å². The van der Waals surface area contributed by atoms with E-state index in [1.165, 1.54) is 6.07 Å². The second-order valence-corrected chi connectivity index (χ2v) is 7.01. The lowest BCUT2D eigenvalue weighted by atomic mass is 10.2. The topological polar surface area (TPSA) is 92.4 Å². The van der Waals surface area contributed by atoms with Gasteiger partial charge in [0.25, 0.3) is 5.91 Å². The Morgan fingerprint density at radius 2 is 2.08 bits per heavy atom. The molecule has 3 aromatic rings. The number of carbonyl (C=O) groups is 2. The number of nitrogens with one attached hydrogen (secondary N) is 1. The van der Waals surface area contributed by atoms with Crippen molar-refractivity contribution >= 4 is 39.1 Å². The lowest BCUT2D eigenvalue weighted by Gasteiger charge is -2.02. The molecule has 7 heteroatoms. The second-order valence-electron chi connectivity index (χ2n) is 5.95. The summed E-state index contributed by atoms with van der Waals surface area (Å²) in [5.41, 5.74) is 1.53. The molecular weight excluding hydrogens is 340 g/mol. The summed E-state index contributed by atoms with van der Waals surface area (Å²) in [5.74, 6) is -0.957. The number of fused-ring (bicyclic) bond motifs is 1. The van der Waals surface area contributed by atoms with Crippen molar-refractivity contribution < 1.29 is 19.1 Å². The molecule has 2 aromatic heterocycles. The third kappa shape index (κ3) is 3.41. The Bertz CT molecular complexity index is 955. The van der Waals surface area contributed by atoms with Crippen LogP contribution in [0.3, 0.4) is 0 Å². The van der Waals surface area contributed by atoms with Crippen molar-refractivity contribution in [2.24, 2.45) is 0 Å². The normalized spacial score (nSPS) is 11.2. The number of nitrogens with zero attached hydrogens (tertiary/aromatic N) is 1. The first-order valence-corrected chi connectivity index (χ1v) is 8.78. The maximum Gasteiger partial charge on any atom is 0.339 e. The number of furan rings is 1. The first-order chi connectivity index (χ1) is 11.9. The number of rotatable bonds is 5. The number of aromatic nitrogens is 1. The number of aryl methyl sites for hydroxylation is 1. The number of amides is 1. The Hall–Kier alpha value is -2.67. The first kappa shape index (κ1) is 17.2. The highest BCUT2D eigenvalue weighted by atomic mass is 32.1. The van der Waals surface area contributed by atoms with Gasteiger partial charge in [-0.1, -0.05) is 20.8 Å². The average molecular weight is 358 g/mol. The van der Waals surface area contributed by atoms with Gasteiger partial charge in [-0.05, 0) is 18.2 Å². The largest absolute Gasteiger partial charge is 0.478 e. The molecule has 3 rings (SSSR count). The molecular formula is C18H18N2O4S. The van der Waals surface area contributed by atoms with E-state index in [0.29, 0.717) is 18.0 Å². The van der Waals surface area contributed by atoms with Crippen LogP contribution < -0.4 is 5.32 Å². The molecule has 0 unspecified atom stereocenters. The Morgan fingerprint density at radius 1 is 1.32 bits per heavy atom. The van der Waals surface area contributed by atoms with Crippen LogP contribution in [-0.4, -0.2) is 22.0 Å². The molecule has 6 nitrogen and oxygen atoms in total. The van der Waals surface area contributed by atoms with E-state index in [9.17, 15) is 9.59 Å². The molecule has 25 heavy (non-hydrogen) atoms. The number of aromatic carboxylic acids is 1. The zero-order valence-electron chi connectivity index (χ0n) is 14.1. The van der Waals surface area contributed by atoms with Crippen LogP contribution in [0.2, 0.25) is 0 Å². The van der Waals surface area contributed by atoms with E-state index in [0.717, 1.165) is 15.2 Å². The predicted molar refractivity (Wildman–Crippen MR) is 96.7 cm³/mol. The van der Waals surface area contributed by atoms with Gasteiger partial charge in [0.05, 0.1) is 15.2 Å². The number of thiazole rings is 1. The molecule has 0 fully saturated rings. The summed E-state index contributed by atoms with van der Waals surface area (Å²) >= 11 is 1.59. The Morgan fingerprint density at radius 3 is 2.68 bits per heavy atom. The molecule has 0 saturated heterocycles. The second kappa shape index (κ2) is 6.68. The molecule has 0 atom stereocenters. The van der Waals surface area contributed by atoms with Crippen molar-refractivity contribution in [1.82, 2.24) is 4.98 Å². The van der Waals surface area contributed by atoms with E-state index in [2.05, 4.69) is 24.1 Å². The van der Waals surface area contributed by atoms with Gasteiger partial charge in [-0.15, -0.1) is 11.3 Å². The minimum Gasteiger partial charge on any atom is -0.478 e. The maximum absolute atomic E-state index is 12.4. The van der Waals surface area contributed by atoms with Gasteiger partial charge in [0.15, 0.2) is 5.76 Å². The third-order valence-corrected chi connectivity index (χ3v) is 5.06. The Balaban J connectivity index is 1.85. The van der Waals surface area contributed by atoms with Gasteiger partial charge < -0.3 is 14.8 Å². The minimum atomic E-state index is -1.10. The molecule has 0 spiro atoms. The first-order valence-electron chi connectivity index (χ1n) is 7.96. The Labute approximate surface area is 148 Å². The summed E-state index contributed by atoms with van der Waals surface area (Å²) in [5, 5.41) is 12.9. The van der Waals surface area contributed by atoms with Crippen LogP contribution >= 0.6 is 11.3 Å². The highest BCUT2D eigenvalue weighted by molar-refractivity contribution is 7.18. The summed E-state index contributed by atoms with van der Waals surface area (Å²) in [6, 6.07) is 6.75. The van der Waals surface area contributed by atoms with Crippen molar-refractivity contribution in [3.8, 4) is 0 Å². The van der Waals surface area contributed by atoms with Crippen LogP contribution in [0, 0.1) is 0 Å². The van der Waals surface area contributed by atoms with Crippen LogP contribution in [0.15, 0.2) is 28.7 Å². The number of carbonyl (C=O) groups excluding carboxylic acids is 1. The van der Waals surface area contributed by atoms with Crippen molar-refractivity contribution in [2.75, 3.05) is 5.32 Å². The minimum absolute atomic E-state index is 0.0125. The molecule has 2 heterocycles. The molecule has 0 saturated carbocycles. The highest BCUT2D eigenvalue weighted by Gasteiger charge is 2.20. The number of carboxylic acids is 1. The lowest BCUT2D eigenvalue weighted by Crippen LogP contribution is -2.10. The number of hydrogen-bond acceptors (Lipinski definition) is 5. The van der Waals surface area contributed by atoms with E-state index in [-0.39, 0.29) is 17.1 Å². The molecule has 0 aliphatic carbocycles. The lowest BCUT2D eigenvalue weighted by molar-refractivity contribution is 0.0694. The van der Waals surface area contributed by atoms with Gasteiger partial charge in [0.2, 0.25) is 0 Å². The number of benzene rings is 1. The van der Waals surface area contributed by atoms with Gasteiger partial charge in [0, 0.05) is 24.1 Å². The van der Waals surface area contributed by atoms with Gasteiger partial charge in [-0.25, -0.2) is 9.78 Å². The Kier molecular flexibility index (Phi) is 4.59. The van der Waals surface area contributed by atoms with Crippen LogP contribution in [0.5, 0.6) is 0 Å². The van der Waals surface area contributed by atoms with E-state index in [1.807, 2.05) is 12.1 Å². The highest BCUT2D eigenvalue weighted by Crippen LogP contribution is 2.29. The predicted octanol–water partition coefficient (Wildman–Crippen LogP) is 4.53. The number of hydrogen-bond donors (Lipinski definition) is 2. The van der Waals surface area contributed by atoms with Crippen molar-refractivity contribution in [2.45, 2.75) is 33.1 Å². The zero-order chi connectivity index (χ0) is 18.1. The SMILES string of the molecule is CCc1oc(C(=O)Nc2ccc3nc(C(C)C)sc3c2)cc1C(=O)O. The quantitative estimate of drug-likeness (QED) is 0.699. The van der Waals surface area contributed by atoms with E-state index in [1.54, 1.807) is 24.3 Å². The van der Waals surface area contributed by atoms with E-state index < -0.39 is 11.9 Å². The number of carboxylic acid groups (broad SMARTS) is 1.